The van der Waals surface area contributed by atoms with Crippen molar-refractivity contribution in [3.05, 3.63) is 0 Å². The minimum atomic E-state index is 0.436. The van der Waals surface area contributed by atoms with Gasteiger partial charge in [-0.15, -0.1) is 0 Å². The minimum Gasteiger partial charge on any atom is -0.380 e. The van der Waals surface area contributed by atoms with E-state index in [1.807, 2.05) is 7.11 Å². The van der Waals surface area contributed by atoms with Crippen LogP contribution in [0.3, 0.4) is 0 Å². The van der Waals surface area contributed by atoms with Crippen molar-refractivity contribution in [2.24, 2.45) is 5.41 Å². The van der Waals surface area contributed by atoms with E-state index in [2.05, 4.69) is 24.1 Å². The molecule has 0 unspecified atom stereocenters. The Balaban J connectivity index is 1.72. The monoisotopic (exact) mass is 240 g/mol. The molecule has 1 N–H and O–H groups in total. The van der Waals surface area contributed by atoms with E-state index in [1.54, 1.807) is 0 Å². The van der Waals surface area contributed by atoms with Gasteiger partial charge in [-0.2, -0.15) is 0 Å². The first-order valence-corrected chi connectivity index (χ1v) is 7.14. The van der Waals surface area contributed by atoms with Gasteiger partial charge in [0, 0.05) is 26.2 Å². The molecule has 3 heteroatoms. The Bertz CT molecular complexity index is 236. The molecule has 0 aromatic rings. The van der Waals surface area contributed by atoms with Crippen LogP contribution in [0.2, 0.25) is 0 Å². The van der Waals surface area contributed by atoms with Crippen LogP contribution in [-0.2, 0) is 4.74 Å². The fourth-order valence-electron chi connectivity index (χ4n) is 3.04. The van der Waals surface area contributed by atoms with Gasteiger partial charge in [0.15, 0.2) is 0 Å². The summed E-state index contributed by atoms with van der Waals surface area (Å²) in [5.41, 5.74) is 0.606. The Kier molecular flexibility index (Phi) is 4.45. The van der Waals surface area contributed by atoms with Gasteiger partial charge in [-0.1, -0.05) is 20.3 Å². The maximum atomic E-state index is 5.40. The van der Waals surface area contributed by atoms with Crippen molar-refractivity contribution in [1.29, 1.82) is 0 Å². The second-order valence-electron chi connectivity index (χ2n) is 6.16. The summed E-state index contributed by atoms with van der Waals surface area (Å²) in [6, 6.07) is 0.644. The molecule has 0 amide bonds. The molecule has 17 heavy (non-hydrogen) atoms. The van der Waals surface area contributed by atoms with Gasteiger partial charge in [0.05, 0.1) is 6.10 Å². The zero-order valence-electron chi connectivity index (χ0n) is 11.7. The molecule has 0 aromatic heterocycles. The molecule has 100 valence electrons. The fourth-order valence-corrected chi connectivity index (χ4v) is 3.04. The number of nitrogens with one attached hydrogen (secondary N) is 1. The standard InChI is InChI=1S/C14H28N2O/c1-4-14(2)5-7-16(8-6-14)11-12-9-13(17-3)10-15-12/h12-13,15H,4-11H2,1-3H3/t12-,13-/m0/s1. The SMILES string of the molecule is CCC1(C)CCN(C[C@@H]2C[C@H](OC)CN2)CC1. The van der Waals surface area contributed by atoms with Crippen molar-refractivity contribution in [3.63, 3.8) is 0 Å². The lowest BCUT2D eigenvalue weighted by Gasteiger charge is -2.39. The average Bonchev–Trinajstić information content (AvgIpc) is 2.80. The molecule has 2 rings (SSSR count). The summed E-state index contributed by atoms with van der Waals surface area (Å²) in [4.78, 5) is 2.63. The van der Waals surface area contributed by atoms with Crippen molar-refractivity contribution in [2.75, 3.05) is 33.3 Å². The smallest absolute Gasteiger partial charge is 0.0711 e. The van der Waals surface area contributed by atoms with E-state index in [1.165, 1.54) is 45.3 Å². The molecule has 2 fully saturated rings. The molecule has 0 aliphatic carbocycles. The van der Waals surface area contributed by atoms with Crippen LogP contribution >= 0.6 is 0 Å². The summed E-state index contributed by atoms with van der Waals surface area (Å²) in [6.45, 7) is 9.57. The molecule has 0 aromatic carbocycles. The molecule has 2 aliphatic rings. The zero-order chi connectivity index (χ0) is 12.3. The summed E-state index contributed by atoms with van der Waals surface area (Å²) in [7, 11) is 1.82. The molecule has 0 spiro atoms. The van der Waals surface area contributed by atoms with Gasteiger partial charge in [0.1, 0.15) is 0 Å². The predicted molar refractivity (Wildman–Crippen MR) is 71.3 cm³/mol. The highest BCUT2D eigenvalue weighted by Gasteiger charge is 2.31. The summed E-state index contributed by atoms with van der Waals surface area (Å²) < 4.78 is 5.40. The van der Waals surface area contributed by atoms with Crippen molar-refractivity contribution in [3.8, 4) is 0 Å². The first kappa shape index (κ1) is 13.3. The van der Waals surface area contributed by atoms with Crippen molar-refractivity contribution < 1.29 is 4.74 Å². The molecular weight excluding hydrogens is 212 g/mol. The lowest BCUT2D eigenvalue weighted by molar-refractivity contribution is 0.0989. The number of hydrogen-bond donors (Lipinski definition) is 1. The van der Waals surface area contributed by atoms with Crippen LogP contribution < -0.4 is 5.32 Å². The number of rotatable bonds is 4. The van der Waals surface area contributed by atoms with Gasteiger partial charge in [0.25, 0.3) is 0 Å². The molecule has 2 saturated heterocycles. The van der Waals surface area contributed by atoms with Crippen LogP contribution in [0.5, 0.6) is 0 Å². The van der Waals surface area contributed by atoms with Crippen molar-refractivity contribution >= 4 is 0 Å². The molecule has 2 atom stereocenters. The molecule has 2 aliphatic heterocycles. The van der Waals surface area contributed by atoms with Crippen LogP contribution in [0.15, 0.2) is 0 Å². The fraction of sp³-hybridized carbons (Fsp3) is 1.00. The van der Waals surface area contributed by atoms with Crippen LogP contribution in [0.1, 0.15) is 39.5 Å². The third-order valence-corrected chi connectivity index (χ3v) is 4.91. The quantitative estimate of drug-likeness (QED) is 0.812. The first-order valence-electron chi connectivity index (χ1n) is 7.14. The normalized spacial score (nSPS) is 34.1. The van der Waals surface area contributed by atoms with E-state index >= 15 is 0 Å². The summed E-state index contributed by atoms with van der Waals surface area (Å²) in [5.74, 6) is 0. The summed E-state index contributed by atoms with van der Waals surface area (Å²) in [5, 5.41) is 3.57. The van der Waals surface area contributed by atoms with Gasteiger partial charge in [0.2, 0.25) is 0 Å². The largest absolute Gasteiger partial charge is 0.380 e. The highest BCUT2D eigenvalue weighted by molar-refractivity contribution is 4.87. The van der Waals surface area contributed by atoms with E-state index in [0.29, 0.717) is 17.6 Å². The number of methoxy groups -OCH3 is 1. The Hall–Kier alpha value is -0.120. The van der Waals surface area contributed by atoms with Crippen LogP contribution in [0, 0.1) is 5.41 Å². The maximum Gasteiger partial charge on any atom is 0.0711 e. The molecule has 3 nitrogen and oxygen atoms in total. The van der Waals surface area contributed by atoms with Crippen molar-refractivity contribution in [1.82, 2.24) is 10.2 Å². The third-order valence-electron chi connectivity index (χ3n) is 4.91. The van der Waals surface area contributed by atoms with Gasteiger partial charge in [-0.25, -0.2) is 0 Å². The number of nitrogens with zero attached hydrogens (tertiary/aromatic N) is 1. The third kappa shape index (κ3) is 3.43. The number of piperidine rings is 1. The topological polar surface area (TPSA) is 24.5 Å². The molecule has 0 bridgehead atoms. The number of likely N-dealkylation sites (tertiary alicyclic amines) is 1. The summed E-state index contributed by atoms with van der Waals surface area (Å²) >= 11 is 0. The average molecular weight is 240 g/mol. The Morgan fingerprint density at radius 1 is 1.35 bits per heavy atom. The van der Waals surface area contributed by atoms with E-state index < -0.39 is 0 Å². The molecular formula is C14H28N2O. The predicted octanol–water partition coefficient (Wildman–Crippen LogP) is 1.88. The second kappa shape index (κ2) is 5.68. The Morgan fingerprint density at radius 2 is 2.06 bits per heavy atom. The van der Waals surface area contributed by atoms with E-state index in [0.717, 1.165) is 6.54 Å². The lowest BCUT2D eigenvalue weighted by atomic mass is 9.78. The molecule has 0 radical (unpaired) electrons. The lowest BCUT2D eigenvalue weighted by Crippen LogP contribution is -2.44. The minimum absolute atomic E-state index is 0.436. The highest BCUT2D eigenvalue weighted by atomic mass is 16.5. The van der Waals surface area contributed by atoms with Crippen molar-refractivity contribution in [2.45, 2.75) is 51.7 Å². The Morgan fingerprint density at radius 3 is 2.59 bits per heavy atom. The molecule has 2 heterocycles. The van der Waals surface area contributed by atoms with Crippen LogP contribution in [0.25, 0.3) is 0 Å². The zero-order valence-corrected chi connectivity index (χ0v) is 11.7. The number of hydrogen-bond acceptors (Lipinski definition) is 3. The molecule has 0 saturated carbocycles. The van der Waals surface area contributed by atoms with Gasteiger partial charge >= 0.3 is 0 Å². The van der Waals surface area contributed by atoms with Gasteiger partial charge in [-0.3, -0.25) is 0 Å². The van der Waals surface area contributed by atoms with E-state index in [4.69, 9.17) is 4.74 Å². The highest BCUT2D eigenvalue weighted by Crippen LogP contribution is 2.34. The van der Waals surface area contributed by atoms with Crippen LogP contribution in [0.4, 0.5) is 0 Å². The number of ether oxygens (including phenoxy) is 1. The maximum absolute atomic E-state index is 5.40. The summed E-state index contributed by atoms with van der Waals surface area (Å²) in [6.07, 6.45) is 5.67. The Labute approximate surface area is 106 Å². The van der Waals surface area contributed by atoms with Crippen LogP contribution in [-0.4, -0.2) is 50.3 Å². The van der Waals surface area contributed by atoms with Gasteiger partial charge < -0.3 is 15.0 Å². The van der Waals surface area contributed by atoms with Gasteiger partial charge in [-0.05, 0) is 37.8 Å². The second-order valence-corrected chi connectivity index (χ2v) is 6.16. The van der Waals surface area contributed by atoms with E-state index in [9.17, 15) is 0 Å². The first-order chi connectivity index (χ1) is 8.15. The van der Waals surface area contributed by atoms with E-state index in [-0.39, 0.29) is 0 Å².